The summed E-state index contributed by atoms with van der Waals surface area (Å²) < 4.78 is 44.0. The van der Waals surface area contributed by atoms with Crippen LogP contribution in [0.1, 0.15) is 10.4 Å². The molecule has 19 heavy (non-hydrogen) atoms. The van der Waals surface area contributed by atoms with Gasteiger partial charge in [0, 0.05) is 17.8 Å². The van der Waals surface area contributed by atoms with E-state index in [4.69, 9.17) is 0 Å². The van der Waals surface area contributed by atoms with Gasteiger partial charge >= 0.3 is 5.97 Å². The van der Waals surface area contributed by atoms with Gasteiger partial charge in [0.05, 0.1) is 18.4 Å². The molecule has 0 atom stereocenters. The number of esters is 1. The van der Waals surface area contributed by atoms with E-state index in [0.29, 0.717) is 12.1 Å². The van der Waals surface area contributed by atoms with E-state index in [9.17, 15) is 18.0 Å². The van der Waals surface area contributed by atoms with Crippen LogP contribution in [0.15, 0.2) is 30.5 Å². The van der Waals surface area contributed by atoms with Gasteiger partial charge in [-0.3, -0.25) is 4.98 Å². The van der Waals surface area contributed by atoms with Crippen LogP contribution >= 0.6 is 0 Å². The fourth-order valence-electron chi connectivity index (χ4n) is 1.54. The molecule has 0 amide bonds. The first-order valence-electron chi connectivity index (χ1n) is 5.22. The van der Waals surface area contributed by atoms with Gasteiger partial charge in [-0.05, 0) is 18.2 Å². The van der Waals surface area contributed by atoms with Crippen molar-refractivity contribution in [2.45, 2.75) is 0 Å². The monoisotopic (exact) mass is 267 g/mol. The largest absolute Gasteiger partial charge is 0.465 e. The molecule has 2 aromatic rings. The summed E-state index contributed by atoms with van der Waals surface area (Å²) in [4.78, 5) is 15.1. The number of aromatic nitrogens is 1. The van der Waals surface area contributed by atoms with Crippen molar-refractivity contribution in [3.63, 3.8) is 0 Å². The smallest absolute Gasteiger partial charge is 0.337 e. The van der Waals surface area contributed by atoms with Crippen molar-refractivity contribution in [1.82, 2.24) is 4.98 Å². The number of hydrogen-bond donors (Lipinski definition) is 0. The molecule has 6 heteroatoms. The molecule has 2 rings (SSSR count). The van der Waals surface area contributed by atoms with E-state index in [0.717, 1.165) is 0 Å². The zero-order valence-electron chi connectivity index (χ0n) is 9.78. The number of methoxy groups -OCH3 is 1. The first kappa shape index (κ1) is 13.1. The number of hydrogen-bond acceptors (Lipinski definition) is 3. The number of rotatable bonds is 2. The van der Waals surface area contributed by atoms with Crippen molar-refractivity contribution >= 4 is 5.97 Å². The molecule has 0 aliphatic heterocycles. The van der Waals surface area contributed by atoms with Crippen LogP contribution < -0.4 is 0 Å². The summed E-state index contributed by atoms with van der Waals surface area (Å²) in [6.45, 7) is 0. The van der Waals surface area contributed by atoms with Crippen LogP contribution in [0.25, 0.3) is 11.3 Å². The lowest BCUT2D eigenvalue weighted by molar-refractivity contribution is 0.0600. The predicted octanol–water partition coefficient (Wildman–Crippen LogP) is 2.95. The molecular formula is C13H8F3NO2. The summed E-state index contributed by atoms with van der Waals surface area (Å²) in [6, 6.07) is 3.72. The van der Waals surface area contributed by atoms with Gasteiger partial charge in [-0.25, -0.2) is 18.0 Å². The third-order valence-electron chi connectivity index (χ3n) is 2.47. The molecule has 0 bridgehead atoms. The summed E-state index contributed by atoms with van der Waals surface area (Å²) in [5.41, 5.74) is -0.0828. The van der Waals surface area contributed by atoms with Gasteiger partial charge in [0.25, 0.3) is 0 Å². The highest BCUT2D eigenvalue weighted by molar-refractivity contribution is 5.90. The number of carbonyl (C=O) groups excluding carboxylic acids is 1. The van der Waals surface area contributed by atoms with Gasteiger partial charge in [0.2, 0.25) is 0 Å². The third kappa shape index (κ3) is 2.57. The number of carbonyl (C=O) groups is 1. The van der Waals surface area contributed by atoms with Crippen LogP contribution in [0.2, 0.25) is 0 Å². The highest BCUT2D eigenvalue weighted by atomic mass is 19.2. The molecule has 0 N–H and O–H groups in total. The molecular weight excluding hydrogens is 259 g/mol. The zero-order chi connectivity index (χ0) is 14.0. The molecule has 98 valence electrons. The molecule has 0 aliphatic rings. The quantitative estimate of drug-likeness (QED) is 0.620. The number of halogens is 3. The van der Waals surface area contributed by atoms with E-state index in [1.54, 1.807) is 0 Å². The van der Waals surface area contributed by atoms with Crippen LogP contribution in [0, 0.1) is 17.5 Å². The number of nitrogens with zero attached hydrogens (tertiary/aromatic N) is 1. The Morgan fingerprint density at radius 3 is 2.47 bits per heavy atom. The topological polar surface area (TPSA) is 39.2 Å². The third-order valence-corrected chi connectivity index (χ3v) is 2.47. The maximum Gasteiger partial charge on any atom is 0.337 e. The minimum Gasteiger partial charge on any atom is -0.465 e. The van der Waals surface area contributed by atoms with Gasteiger partial charge in [-0.2, -0.15) is 0 Å². The second kappa shape index (κ2) is 5.09. The van der Waals surface area contributed by atoms with Gasteiger partial charge in [-0.1, -0.05) is 0 Å². The Morgan fingerprint density at radius 1 is 1.11 bits per heavy atom. The molecule has 0 unspecified atom stereocenters. The molecule has 0 saturated heterocycles. The van der Waals surface area contributed by atoms with Crippen molar-refractivity contribution in [2.75, 3.05) is 7.11 Å². The molecule has 0 spiro atoms. The van der Waals surface area contributed by atoms with Crippen molar-refractivity contribution in [3.8, 4) is 11.3 Å². The second-order valence-corrected chi connectivity index (χ2v) is 3.67. The molecule has 3 nitrogen and oxygen atoms in total. The molecule has 0 radical (unpaired) electrons. The Morgan fingerprint density at radius 2 is 1.79 bits per heavy atom. The van der Waals surface area contributed by atoms with Crippen LogP contribution in [-0.2, 0) is 4.74 Å². The first-order chi connectivity index (χ1) is 9.02. The molecule has 0 fully saturated rings. The van der Waals surface area contributed by atoms with Crippen molar-refractivity contribution in [2.24, 2.45) is 0 Å². The summed E-state index contributed by atoms with van der Waals surface area (Å²) in [5.74, 6) is -4.08. The summed E-state index contributed by atoms with van der Waals surface area (Å²) >= 11 is 0. The minimum atomic E-state index is -1.29. The van der Waals surface area contributed by atoms with E-state index < -0.39 is 23.4 Å². The fraction of sp³-hybridized carbons (Fsp3) is 0.0769. The van der Waals surface area contributed by atoms with Crippen LogP contribution in [0.4, 0.5) is 13.2 Å². The highest BCUT2D eigenvalue weighted by Gasteiger charge is 2.14. The number of benzene rings is 1. The van der Waals surface area contributed by atoms with Crippen LogP contribution in [0.3, 0.4) is 0 Å². The number of pyridine rings is 1. The van der Waals surface area contributed by atoms with E-state index in [1.807, 2.05) is 0 Å². The lowest BCUT2D eigenvalue weighted by atomic mass is 10.1. The van der Waals surface area contributed by atoms with Crippen molar-refractivity contribution in [3.05, 3.63) is 53.5 Å². The van der Waals surface area contributed by atoms with Crippen molar-refractivity contribution < 1.29 is 22.7 Å². The Bertz CT molecular complexity index is 644. The Kier molecular flexibility index (Phi) is 3.50. The fourth-order valence-corrected chi connectivity index (χ4v) is 1.54. The van der Waals surface area contributed by atoms with Crippen molar-refractivity contribution in [1.29, 1.82) is 0 Å². The average Bonchev–Trinajstić information content (AvgIpc) is 2.42. The summed E-state index contributed by atoms with van der Waals surface area (Å²) in [5, 5.41) is 0. The van der Waals surface area contributed by atoms with Crippen LogP contribution in [-0.4, -0.2) is 18.1 Å². The van der Waals surface area contributed by atoms with E-state index in [-0.39, 0.29) is 16.8 Å². The standard InChI is InChI=1S/C13H8F3NO2/c1-19-13(18)7-2-3-17-12(4-7)8-5-10(15)11(16)6-9(8)14/h2-6H,1H3. The molecule has 0 aliphatic carbocycles. The van der Waals surface area contributed by atoms with Gasteiger partial charge < -0.3 is 4.74 Å². The Labute approximate surface area is 106 Å². The summed E-state index contributed by atoms with van der Waals surface area (Å²) in [6.07, 6.45) is 1.25. The Hall–Kier alpha value is -2.37. The van der Waals surface area contributed by atoms with Gasteiger partial charge in [0.15, 0.2) is 11.6 Å². The first-order valence-corrected chi connectivity index (χ1v) is 5.22. The number of ether oxygens (including phenoxy) is 1. The maximum absolute atomic E-state index is 13.6. The second-order valence-electron chi connectivity index (χ2n) is 3.67. The van der Waals surface area contributed by atoms with E-state index >= 15 is 0 Å². The Balaban J connectivity index is 2.53. The molecule has 1 aromatic heterocycles. The lowest BCUT2D eigenvalue weighted by Gasteiger charge is -2.05. The van der Waals surface area contributed by atoms with E-state index in [1.165, 1.54) is 25.4 Å². The molecule has 1 aromatic carbocycles. The average molecular weight is 267 g/mol. The zero-order valence-corrected chi connectivity index (χ0v) is 9.78. The SMILES string of the molecule is COC(=O)c1ccnc(-c2cc(F)c(F)cc2F)c1. The maximum atomic E-state index is 13.6. The lowest BCUT2D eigenvalue weighted by Crippen LogP contribution is -2.02. The van der Waals surface area contributed by atoms with Gasteiger partial charge in [-0.15, -0.1) is 0 Å². The highest BCUT2D eigenvalue weighted by Crippen LogP contribution is 2.24. The normalized spacial score (nSPS) is 10.3. The minimum absolute atomic E-state index is 0.0132. The van der Waals surface area contributed by atoms with Gasteiger partial charge in [0.1, 0.15) is 5.82 Å². The summed E-state index contributed by atoms with van der Waals surface area (Å²) in [7, 11) is 1.20. The van der Waals surface area contributed by atoms with E-state index in [2.05, 4.69) is 9.72 Å². The molecule has 0 saturated carbocycles. The molecule has 1 heterocycles. The van der Waals surface area contributed by atoms with Crippen LogP contribution in [0.5, 0.6) is 0 Å². The predicted molar refractivity (Wildman–Crippen MR) is 60.9 cm³/mol.